The summed E-state index contributed by atoms with van der Waals surface area (Å²) in [4.78, 5) is 38.0. The first kappa shape index (κ1) is 59.4. The molecule has 6 nitrogen and oxygen atoms in total. The van der Waals surface area contributed by atoms with E-state index < -0.39 is 6.10 Å². The zero-order valence-electron chi connectivity index (χ0n) is 41.1. The molecule has 0 heterocycles. The molecule has 0 radical (unpaired) electrons. The SMILES string of the molecule is CC/C=C\C/C=C\C/C=C\CCCCCCCCCC(=O)OCC(COC(=O)CCCCCCCCCCCC)OC(=O)CCCCCCCCC/C=C\CCCCCCCC. The fraction of sp³-hybridized carbons (Fsp3) is 0.804. The zero-order valence-corrected chi connectivity index (χ0v) is 41.1. The Morgan fingerprint density at radius 1 is 0.339 bits per heavy atom. The van der Waals surface area contributed by atoms with Gasteiger partial charge in [0.2, 0.25) is 0 Å². The van der Waals surface area contributed by atoms with E-state index in [4.69, 9.17) is 14.2 Å². The van der Waals surface area contributed by atoms with Crippen molar-refractivity contribution in [2.75, 3.05) is 13.2 Å². The number of carbonyl (C=O) groups excluding carboxylic acids is 3. The van der Waals surface area contributed by atoms with E-state index in [2.05, 4.69) is 69.4 Å². The van der Waals surface area contributed by atoms with E-state index in [1.165, 1.54) is 148 Å². The molecule has 0 saturated carbocycles. The highest BCUT2D eigenvalue weighted by Crippen LogP contribution is 2.15. The maximum Gasteiger partial charge on any atom is 0.306 e. The molecule has 0 aliphatic rings. The molecule has 0 aliphatic heterocycles. The summed E-state index contributed by atoms with van der Waals surface area (Å²) in [6.07, 6.45) is 60.9. The maximum atomic E-state index is 12.8. The number of ether oxygens (including phenoxy) is 3. The third-order valence-electron chi connectivity index (χ3n) is 11.6. The lowest BCUT2D eigenvalue weighted by molar-refractivity contribution is -0.167. The van der Waals surface area contributed by atoms with E-state index in [0.29, 0.717) is 19.3 Å². The molecule has 0 aromatic rings. The van der Waals surface area contributed by atoms with Gasteiger partial charge >= 0.3 is 17.9 Å². The molecule has 0 fully saturated rings. The highest BCUT2D eigenvalue weighted by Gasteiger charge is 2.19. The lowest BCUT2D eigenvalue weighted by Gasteiger charge is -2.18. The quantitative estimate of drug-likeness (QED) is 0.0262. The topological polar surface area (TPSA) is 78.9 Å². The fourth-order valence-electron chi connectivity index (χ4n) is 7.57. The van der Waals surface area contributed by atoms with Crippen molar-refractivity contribution < 1.29 is 28.6 Å². The number of esters is 3. The lowest BCUT2D eigenvalue weighted by Crippen LogP contribution is -2.30. The van der Waals surface area contributed by atoms with Gasteiger partial charge in [-0.3, -0.25) is 14.4 Å². The molecule has 0 saturated heterocycles. The van der Waals surface area contributed by atoms with E-state index in [-0.39, 0.29) is 31.1 Å². The summed E-state index contributed by atoms with van der Waals surface area (Å²) in [6.45, 7) is 6.52. The third-order valence-corrected chi connectivity index (χ3v) is 11.6. The van der Waals surface area contributed by atoms with Crippen molar-refractivity contribution in [3.05, 3.63) is 48.6 Å². The van der Waals surface area contributed by atoms with Crippen molar-refractivity contribution in [2.45, 2.75) is 277 Å². The molecule has 0 amide bonds. The molecule has 0 aromatic heterocycles. The summed E-state index contributed by atoms with van der Waals surface area (Å²) < 4.78 is 16.8. The first-order valence-electron chi connectivity index (χ1n) is 26.6. The van der Waals surface area contributed by atoms with Crippen molar-refractivity contribution in [3.63, 3.8) is 0 Å². The molecule has 0 aliphatic carbocycles. The van der Waals surface area contributed by atoms with Crippen molar-refractivity contribution in [1.82, 2.24) is 0 Å². The predicted molar refractivity (Wildman–Crippen MR) is 265 cm³/mol. The van der Waals surface area contributed by atoms with Crippen LogP contribution in [0.4, 0.5) is 0 Å². The average molecular weight is 869 g/mol. The van der Waals surface area contributed by atoms with Crippen LogP contribution in [0.2, 0.25) is 0 Å². The van der Waals surface area contributed by atoms with Crippen LogP contribution in [0.3, 0.4) is 0 Å². The van der Waals surface area contributed by atoms with Crippen LogP contribution in [0.25, 0.3) is 0 Å². The van der Waals surface area contributed by atoms with E-state index in [1.54, 1.807) is 0 Å². The van der Waals surface area contributed by atoms with Gasteiger partial charge in [0.25, 0.3) is 0 Å². The van der Waals surface area contributed by atoms with Gasteiger partial charge < -0.3 is 14.2 Å². The standard InChI is InChI=1S/C56H100O6/c1-4-7-10-13-16-19-22-24-26-28-30-32-34-37-40-43-46-49-55(58)61-52-53(51-60-54(57)48-45-42-39-36-21-18-15-12-9-6-3)62-56(59)50-47-44-41-38-35-33-31-29-27-25-23-20-17-14-11-8-5-2/h7,10,16,19,24-27,53H,4-6,8-9,11-15,17-18,20-23,28-52H2,1-3H3/b10-7-,19-16-,26-24-,27-25-. The van der Waals surface area contributed by atoms with Gasteiger partial charge in [-0.25, -0.2) is 0 Å². The second-order valence-corrected chi connectivity index (χ2v) is 17.8. The van der Waals surface area contributed by atoms with Gasteiger partial charge in [0.1, 0.15) is 13.2 Å². The molecule has 0 aromatic carbocycles. The minimum Gasteiger partial charge on any atom is -0.462 e. The highest BCUT2D eigenvalue weighted by molar-refractivity contribution is 5.71. The van der Waals surface area contributed by atoms with Crippen LogP contribution in [0.1, 0.15) is 271 Å². The van der Waals surface area contributed by atoms with Crippen LogP contribution < -0.4 is 0 Å². The fourth-order valence-corrected chi connectivity index (χ4v) is 7.57. The normalized spacial score (nSPS) is 12.4. The summed E-state index contributed by atoms with van der Waals surface area (Å²) in [6, 6.07) is 0. The monoisotopic (exact) mass is 869 g/mol. The van der Waals surface area contributed by atoms with Crippen LogP contribution >= 0.6 is 0 Å². The number of carbonyl (C=O) groups is 3. The van der Waals surface area contributed by atoms with Gasteiger partial charge in [-0.15, -0.1) is 0 Å². The number of hydrogen-bond donors (Lipinski definition) is 0. The first-order valence-corrected chi connectivity index (χ1v) is 26.6. The average Bonchev–Trinajstić information content (AvgIpc) is 3.27. The zero-order chi connectivity index (χ0) is 45.1. The van der Waals surface area contributed by atoms with Gasteiger partial charge in [0.15, 0.2) is 6.10 Å². The number of hydrogen-bond acceptors (Lipinski definition) is 6. The first-order chi connectivity index (χ1) is 30.5. The van der Waals surface area contributed by atoms with Crippen molar-refractivity contribution in [2.24, 2.45) is 0 Å². The van der Waals surface area contributed by atoms with Crippen LogP contribution in [-0.2, 0) is 28.6 Å². The lowest BCUT2D eigenvalue weighted by atomic mass is 10.1. The second-order valence-electron chi connectivity index (χ2n) is 17.8. The molecule has 0 rings (SSSR count). The van der Waals surface area contributed by atoms with Gasteiger partial charge in [-0.1, -0.05) is 223 Å². The van der Waals surface area contributed by atoms with Crippen LogP contribution in [0, 0.1) is 0 Å². The van der Waals surface area contributed by atoms with Crippen LogP contribution in [0.15, 0.2) is 48.6 Å². The molecule has 62 heavy (non-hydrogen) atoms. The molecule has 0 bridgehead atoms. The molecule has 0 spiro atoms. The van der Waals surface area contributed by atoms with E-state index >= 15 is 0 Å². The minimum absolute atomic E-state index is 0.0758. The van der Waals surface area contributed by atoms with Gasteiger partial charge in [-0.2, -0.15) is 0 Å². The Labute approximate surface area is 384 Å². The number of unbranched alkanes of at least 4 members (excludes halogenated alkanes) is 29. The Kier molecular flexibility index (Phi) is 48.8. The molecule has 1 atom stereocenters. The van der Waals surface area contributed by atoms with Crippen molar-refractivity contribution in [1.29, 1.82) is 0 Å². The molecular weight excluding hydrogens is 769 g/mol. The molecule has 0 N–H and O–H groups in total. The molecular formula is C56H100O6. The van der Waals surface area contributed by atoms with Crippen molar-refractivity contribution >= 4 is 17.9 Å². The van der Waals surface area contributed by atoms with E-state index in [1.807, 2.05) is 0 Å². The van der Waals surface area contributed by atoms with E-state index in [0.717, 1.165) is 83.5 Å². The summed E-state index contributed by atoms with van der Waals surface area (Å²) in [5, 5.41) is 0. The molecule has 360 valence electrons. The smallest absolute Gasteiger partial charge is 0.306 e. The Morgan fingerprint density at radius 3 is 1.00 bits per heavy atom. The van der Waals surface area contributed by atoms with Crippen LogP contribution in [-0.4, -0.2) is 37.2 Å². The summed E-state index contributed by atoms with van der Waals surface area (Å²) in [5.74, 6) is -0.883. The third kappa shape index (κ3) is 48.4. The maximum absolute atomic E-state index is 12.8. The summed E-state index contributed by atoms with van der Waals surface area (Å²) >= 11 is 0. The Hall–Kier alpha value is -2.63. The summed E-state index contributed by atoms with van der Waals surface area (Å²) in [7, 11) is 0. The summed E-state index contributed by atoms with van der Waals surface area (Å²) in [5.41, 5.74) is 0. The number of rotatable bonds is 48. The van der Waals surface area contributed by atoms with Gasteiger partial charge in [-0.05, 0) is 77.0 Å². The highest BCUT2D eigenvalue weighted by atomic mass is 16.6. The molecule has 1 unspecified atom stereocenters. The van der Waals surface area contributed by atoms with E-state index in [9.17, 15) is 14.4 Å². The largest absolute Gasteiger partial charge is 0.462 e. The minimum atomic E-state index is -0.776. The van der Waals surface area contributed by atoms with Gasteiger partial charge in [0, 0.05) is 19.3 Å². The van der Waals surface area contributed by atoms with Crippen molar-refractivity contribution in [3.8, 4) is 0 Å². The van der Waals surface area contributed by atoms with Crippen LogP contribution in [0.5, 0.6) is 0 Å². The molecule has 6 heteroatoms. The van der Waals surface area contributed by atoms with Gasteiger partial charge in [0.05, 0.1) is 0 Å². The Morgan fingerprint density at radius 2 is 0.629 bits per heavy atom. The Balaban J connectivity index is 4.34. The predicted octanol–water partition coefficient (Wildman–Crippen LogP) is 17.5. The number of allylic oxidation sites excluding steroid dienone is 8. The second kappa shape index (κ2) is 51.0. The Bertz CT molecular complexity index is 1090.